The van der Waals surface area contributed by atoms with E-state index < -0.39 is 23.4 Å². The molecule has 0 fully saturated rings. The Morgan fingerprint density at radius 1 is 0.927 bits per heavy atom. The van der Waals surface area contributed by atoms with Crippen LogP contribution in [0.15, 0.2) is 41.4 Å². The Labute approximate surface area is 250 Å². The Kier molecular flexibility index (Phi) is 9.09. The first kappa shape index (κ1) is 30.5. The SMILES string of the molecule is CC(C)(C)OC(=O)/N=C(\NCCn1c2c(c3cc(Nc4ccc(Cl)c(Cl)c4)ccc31)CCC2)NC(=O)OC(C)(C)C. The minimum Gasteiger partial charge on any atom is -0.444 e. The zero-order chi connectivity index (χ0) is 29.9. The average molecular weight is 603 g/mol. The number of guanidine groups is 1. The third kappa shape index (κ3) is 8.30. The molecule has 0 saturated heterocycles. The van der Waals surface area contributed by atoms with Crippen LogP contribution in [0.25, 0.3) is 10.9 Å². The third-order valence-corrected chi connectivity index (χ3v) is 6.92. The number of hydrogen-bond donors (Lipinski definition) is 3. The molecule has 9 nitrogen and oxygen atoms in total. The van der Waals surface area contributed by atoms with Gasteiger partial charge in [-0.05, 0) is 103 Å². The van der Waals surface area contributed by atoms with Gasteiger partial charge in [-0.25, -0.2) is 9.59 Å². The summed E-state index contributed by atoms with van der Waals surface area (Å²) >= 11 is 12.3. The summed E-state index contributed by atoms with van der Waals surface area (Å²) in [5.41, 5.74) is 4.12. The fourth-order valence-corrected chi connectivity index (χ4v) is 5.02. The molecule has 1 heterocycles. The number of nitrogens with zero attached hydrogens (tertiary/aromatic N) is 2. The predicted molar refractivity (Wildman–Crippen MR) is 165 cm³/mol. The Hall–Kier alpha value is -3.43. The summed E-state index contributed by atoms with van der Waals surface area (Å²) in [5, 5.41) is 11.2. The molecule has 3 aromatic rings. The van der Waals surface area contributed by atoms with Crippen LogP contribution in [0.1, 0.15) is 59.2 Å². The van der Waals surface area contributed by atoms with Crippen molar-refractivity contribution in [1.29, 1.82) is 0 Å². The molecule has 0 atom stereocenters. The third-order valence-electron chi connectivity index (χ3n) is 6.18. The van der Waals surface area contributed by atoms with Crippen molar-refractivity contribution in [2.75, 3.05) is 11.9 Å². The van der Waals surface area contributed by atoms with Crippen LogP contribution in [0.3, 0.4) is 0 Å². The maximum atomic E-state index is 12.4. The highest BCUT2D eigenvalue weighted by Gasteiger charge is 2.23. The fraction of sp³-hybridized carbons (Fsp3) is 0.433. The number of alkyl carbamates (subject to hydrolysis) is 1. The van der Waals surface area contributed by atoms with Gasteiger partial charge in [-0.2, -0.15) is 0 Å². The van der Waals surface area contributed by atoms with Crippen molar-refractivity contribution < 1.29 is 19.1 Å². The van der Waals surface area contributed by atoms with Crippen LogP contribution in [-0.2, 0) is 28.9 Å². The number of aryl methyl sites for hydroxylation is 1. The first-order valence-electron chi connectivity index (χ1n) is 13.6. The van der Waals surface area contributed by atoms with Crippen LogP contribution in [0.2, 0.25) is 10.0 Å². The summed E-state index contributed by atoms with van der Waals surface area (Å²) in [6, 6.07) is 11.7. The number of carbonyl (C=O) groups is 2. The van der Waals surface area contributed by atoms with Gasteiger partial charge in [0.1, 0.15) is 11.2 Å². The molecule has 0 aliphatic heterocycles. The molecular weight excluding hydrogens is 565 g/mol. The fourth-order valence-electron chi connectivity index (χ4n) is 4.72. The van der Waals surface area contributed by atoms with Crippen LogP contribution < -0.4 is 16.0 Å². The molecule has 0 bridgehead atoms. The number of carbonyl (C=O) groups excluding carboxylic acids is 2. The summed E-state index contributed by atoms with van der Waals surface area (Å²) in [7, 11) is 0. The van der Waals surface area contributed by atoms with E-state index in [1.807, 2.05) is 12.1 Å². The van der Waals surface area contributed by atoms with Gasteiger partial charge in [0.2, 0.25) is 5.96 Å². The van der Waals surface area contributed by atoms with E-state index in [4.69, 9.17) is 32.7 Å². The van der Waals surface area contributed by atoms with Crippen LogP contribution in [-0.4, -0.2) is 40.5 Å². The molecule has 11 heteroatoms. The largest absolute Gasteiger partial charge is 0.444 e. The molecule has 2 amide bonds. The summed E-state index contributed by atoms with van der Waals surface area (Å²) in [6.45, 7) is 11.5. The number of anilines is 2. The maximum absolute atomic E-state index is 12.4. The minimum atomic E-state index is -0.814. The summed E-state index contributed by atoms with van der Waals surface area (Å²) < 4.78 is 12.9. The lowest BCUT2D eigenvalue weighted by atomic mass is 10.1. The molecule has 0 saturated carbocycles. The predicted octanol–water partition coefficient (Wildman–Crippen LogP) is 7.59. The number of nitrogens with one attached hydrogen (secondary N) is 3. The van der Waals surface area contributed by atoms with Gasteiger partial charge in [0.05, 0.1) is 10.0 Å². The van der Waals surface area contributed by atoms with E-state index in [-0.39, 0.29) is 5.96 Å². The quantitative estimate of drug-likeness (QED) is 0.205. The van der Waals surface area contributed by atoms with Crippen molar-refractivity contribution in [2.45, 2.75) is 78.6 Å². The van der Waals surface area contributed by atoms with Crippen molar-refractivity contribution >= 4 is 63.6 Å². The van der Waals surface area contributed by atoms with Gasteiger partial charge in [0, 0.05) is 41.1 Å². The molecule has 0 spiro atoms. The zero-order valence-corrected chi connectivity index (χ0v) is 25.8. The Balaban J connectivity index is 1.52. The van der Waals surface area contributed by atoms with E-state index in [0.29, 0.717) is 23.1 Å². The lowest BCUT2D eigenvalue weighted by Gasteiger charge is -2.21. The smallest absolute Gasteiger partial charge is 0.437 e. The highest BCUT2D eigenvalue weighted by molar-refractivity contribution is 6.42. The highest BCUT2D eigenvalue weighted by Crippen LogP contribution is 2.35. The normalized spacial score (nSPS) is 13.6. The number of aromatic nitrogens is 1. The number of aliphatic imine (C=N–C) groups is 1. The van der Waals surface area contributed by atoms with E-state index in [2.05, 4.69) is 37.6 Å². The first-order chi connectivity index (χ1) is 19.2. The number of benzene rings is 2. The van der Waals surface area contributed by atoms with Gasteiger partial charge < -0.3 is 24.7 Å². The minimum absolute atomic E-state index is 0.0327. The topological polar surface area (TPSA) is 106 Å². The second kappa shape index (κ2) is 12.2. The van der Waals surface area contributed by atoms with E-state index in [0.717, 1.165) is 36.2 Å². The Bertz CT molecular complexity index is 1480. The molecule has 3 N–H and O–H groups in total. The maximum Gasteiger partial charge on any atom is 0.437 e. The summed E-state index contributed by atoms with van der Waals surface area (Å²) in [6.07, 6.45) is 1.54. The van der Waals surface area contributed by atoms with Crippen LogP contribution in [0.4, 0.5) is 21.0 Å². The van der Waals surface area contributed by atoms with Crippen molar-refractivity contribution in [2.24, 2.45) is 4.99 Å². The van der Waals surface area contributed by atoms with Crippen molar-refractivity contribution in [3.8, 4) is 0 Å². The average Bonchev–Trinajstić information content (AvgIpc) is 3.41. The molecular formula is C30H37Cl2N5O4. The lowest BCUT2D eigenvalue weighted by Crippen LogP contribution is -2.45. The lowest BCUT2D eigenvalue weighted by molar-refractivity contribution is 0.0560. The number of amides is 2. The standard InChI is InChI=1S/C30H37Cl2N5O4/c1-29(2,3)40-27(38)35-26(36-28(39)41-30(4,5)6)33-14-15-37-24-9-7-8-20(24)21-16-18(11-13-25(21)37)34-19-10-12-22(31)23(32)17-19/h10-13,16-17,34H,7-9,14-15H2,1-6H3,(H2,33,35,36,38,39). The molecule has 0 unspecified atom stereocenters. The number of fused-ring (bicyclic) bond motifs is 3. The van der Waals surface area contributed by atoms with E-state index in [9.17, 15) is 9.59 Å². The van der Waals surface area contributed by atoms with Gasteiger partial charge in [-0.3, -0.25) is 5.32 Å². The van der Waals surface area contributed by atoms with Gasteiger partial charge in [-0.1, -0.05) is 23.2 Å². The van der Waals surface area contributed by atoms with Crippen molar-refractivity contribution in [3.63, 3.8) is 0 Å². The van der Waals surface area contributed by atoms with Gasteiger partial charge in [0.25, 0.3) is 0 Å². The molecule has 1 aliphatic carbocycles. The number of rotatable bonds is 5. The summed E-state index contributed by atoms with van der Waals surface area (Å²) in [5.74, 6) is -0.0327. The highest BCUT2D eigenvalue weighted by atomic mass is 35.5. The Morgan fingerprint density at radius 2 is 1.61 bits per heavy atom. The molecule has 1 aromatic heterocycles. The number of halogens is 2. The second-order valence-corrected chi connectivity index (χ2v) is 12.7. The zero-order valence-electron chi connectivity index (χ0n) is 24.3. The van der Waals surface area contributed by atoms with Gasteiger partial charge >= 0.3 is 12.2 Å². The monoisotopic (exact) mass is 601 g/mol. The van der Waals surface area contributed by atoms with E-state index in [1.54, 1.807) is 53.7 Å². The van der Waals surface area contributed by atoms with Gasteiger partial charge in [-0.15, -0.1) is 4.99 Å². The molecule has 4 rings (SSSR count). The molecule has 2 aromatic carbocycles. The summed E-state index contributed by atoms with van der Waals surface area (Å²) in [4.78, 5) is 28.8. The first-order valence-corrected chi connectivity index (χ1v) is 14.4. The molecule has 41 heavy (non-hydrogen) atoms. The Morgan fingerprint density at radius 3 is 2.29 bits per heavy atom. The van der Waals surface area contributed by atoms with Gasteiger partial charge in [0.15, 0.2) is 0 Å². The molecule has 0 radical (unpaired) electrons. The van der Waals surface area contributed by atoms with E-state index >= 15 is 0 Å². The van der Waals surface area contributed by atoms with E-state index in [1.165, 1.54) is 16.6 Å². The molecule has 220 valence electrons. The number of hydrogen-bond acceptors (Lipinski definition) is 5. The van der Waals surface area contributed by atoms with Crippen molar-refractivity contribution in [1.82, 2.24) is 15.2 Å². The van der Waals surface area contributed by atoms with Crippen molar-refractivity contribution in [3.05, 3.63) is 57.7 Å². The molecule has 1 aliphatic rings. The van der Waals surface area contributed by atoms with Crippen LogP contribution >= 0.6 is 23.2 Å². The number of ether oxygens (including phenoxy) is 2. The van der Waals surface area contributed by atoms with Crippen LogP contribution in [0, 0.1) is 0 Å². The second-order valence-electron chi connectivity index (χ2n) is 11.9. The van der Waals surface area contributed by atoms with Crippen LogP contribution in [0.5, 0.6) is 0 Å².